The van der Waals surface area contributed by atoms with Gasteiger partial charge in [0.1, 0.15) is 74.7 Å². The van der Waals surface area contributed by atoms with Crippen molar-refractivity contribution in [3.63, 3.8) is 0 Å². The third kappa shape index (κ3) is 18.5. The average Bonchev–Trinajstić information content (AvgIpc) is 0.802. The summed E-state index contributed by atoms with van der Waals surface area (Å²) in [6.45, 7) is 0. The molecule has 0 fully saturated rings. The van der Waals surface area contributed by atoms with E-state index in [1.807, 2.05) is 218 Å². The molecule has 0 amide bonds. The molecule has 0 aliphatic rings. The van der Waals surface area contributed by atoms with E-state index in [0.29, 0.717) is 68.2 Å². The van der Waals surface area contributed by atoms with Crippen LogP contribution in [0.5, 0.6) is 74.7 Å². The summed E-state index contributed by atoms with van der Waals surface area (Å²) in [6.07, 6.45) is 0. The molecule has 17 rings (SSSR count). The highest BCUT2D eigenvalue weighted by molar-refractivity contribution is 6.16. The molecule has 0 unspecified atom stereocenters. The highest BCUT2D eigenvalue weighted by atomic mass is 16.5. The Morgan fingerprint density at radius 3 is 0.455 bits per heavy atom. The van der Waals surface area contributed by atoms with Crippen LogP contribution in [0.3, 0.4) is 0 Å². The number of rotatable bonds is 28. The summed E-state index contributed by atoms with van der Waals surface area (Å²) in [5.41, 5.74) is 10.8. The predicted octanol–water partition coefficient (Wildman–Crippen LogP) is 26.2. The standard InChI is InChI=1S/C108H70O13/c109-90-64-84(103(110)78-37-57-99(58-38-78)120-101-66-86(105(112)80-29-49-95(50-30-80)116-91-41-21-74(22-42-91)70-13-5-1-6-14-70)62-87(67-101)106(113)81-31-51-96(52-32-81)117-92-43-23-75(24-44-92)71-15-7-2-8-16-71)61-85(65-90)104(111)79-39-59-100(60-40-79)121-102-68-88(107(114)82-33-53-97(54-34-82)118-93-45-25-76(26-46-93)72-17-9-3-10-18-72)63-89(69-102)108(115)83-35-55-98(56-36-83)119-94-47-27-77(28-48-94)73-19-11-4-12-20-73/h1-69,109H. The van der Waals surface area contributed by atoms with Crippen molar-refractivity contribution in [3.05, 3.63) is 485 Å². The second-order valence-electron chi connectivity index (χ2n) is 28.6. The molecule has 0 bridgehead atoms. The molecule has 13 nitrogen and oxygen atoms in total. The van der Waals surface area contributed by atoms with Gasteiger partial charge in [-0.3, -0.25) is 28.8 Å². The normalized spacial score (nSPS) is 10.9. The Morgan fingerprint density at radius 1 is 0.140 bits per heavy atom. The SMILES string of the molecule is O=C(c1ccc(Oc2cc(C(=O)c3ccc(Oc4ccc(-c5ccccc5)cc4)cc3)cc(C(=O)c3ccc(Oc4ccc(-c5ccccc5)cc4)cc3)c2)cc1)c1cc(O)cc(C(=O)c2ccc(Oc3cc(C(=O)c4ccc(Oc5ccc(-c6ccccc6)cc5)cc4)cc(C(=O)c4ccc(Oc5ccc(-c6ccccc6)cc5)cc4)c3)cc2)c1. The predicted molar refractivity (Wildman–Crippen MR) is 468 cm³/mol. The highest BCUT2D eigenvalue weighted by Gasteiger charge is 2.23. The van der Waals surface area contributed by atoms with Gasteiger partial charge in [-0.2, -0.15) is 0 Å². The van der Waals surface area contributed by atoms with E-state index in [-0.39, 0.29) is 73.3 Å². The molecule has 580 valence electrons. The van der Waals surface area contributed by atoms with E-state index in [4.69, 9.17) is 28.4 Å². The first-order valence-corrected chi connectivity index (χ1v) is 39.0. The number of ether oxygens (including phenoxy) is 6. The number of phenols is 1. The number of phenolic OH excluding ortho intramolecular Hbond substituents is 1. The zero-order valence-electron chi connectivity index (χ0n) is 64.7. The lowest BCUT2D eigenvalue weighted by Crippen LogP contribution is -2.07. The third-order valence-corrected chi connectivity index (χ3v) is 20.3. The maximum absolute atomic E-state index is 14.5. The van der Waals surface area contributed by atoms with Crippen LogP contribution in [0.4, 0.5) is 0 Å². The van der Waals surface area contributed by atoms with Crippen LogP contribution >= 0.6 is 0 Å². The number of benzene rings is 17. The fraction of sp³-hybridized carbons (Fsp3) is 0. The number of aromatic hydroxyl groups is 1. The molecule has 17 aromatic carbocycles. The minimum Gasteiger partial charge on any atom is -0.508 e. The molecule has 17 aromatic rings. The van der Waals surface area contributed by atoms with E-state index in [1.165, 1.54) is 54.6 Å². The van der Waals surface area contributed by atoms with Crippen molar-refractivity contribution in [3.8, 4) is 119 Å². The Balaban J connectivity index is 0.584. The minimum atomic E-state index is -0.520. The van der Waals surface area contributed by atoms with Crippen LogP contribution in [0.15, 0.2) is 419 Å². The van der Waals surface area contributed by atoms with Crippen LogP contribution in [0.25, 0.3) is 44.5 Å². The van der Waals surface area contributed by atoms with Crippen LogP contribution in [0, 0.1) is 0 Å². The zero-order valence-corrected chi connectivity index (χ0v) is 64.7. The summed E-state index contributed by atoms with van der Waals surface area (Å²) >= 11 is 0. The van der Waals surface area contributed by atoms with Gasteiger partial charge in [0.05, 0.1) is 0 Å². The number of hydrogen-bond donors (Lipinski definition) is 1. The number of ketones is 6. The quantitative estimate of drug-likeness (QED) is 0.0459. The number of carbonyl (C=O) groups is 6. The summed E-state index contributed by atoms with van der Waals surface area (Å²) in [7, 11) is 0. The van der Waals surface area contributed by atoms with Crippen molar-refractivity contribution in [1.82, 2.24) is 0 Å². The largest absolute Gasteiger partial charge is 0.508 e. The first-order valence-electron chi connectivity index (χ1n) is 39.0. The van der Waals surface area contributed by atoms with E-state index in [1.54, 1.807) is 146 Å². The molecule has 0 heterocycles. The van der Waals surface area contributed by atoms with Gasteiger partial charge in [0.15, 0.2) is 34.7 Å². The van der Waals surface area contributed by atoms with Crippen LogP contribution in [-0.2, 0) is 0 Å². The topological polar surface area (TPSA) is 178 Å². The Labute approximate surface area is 697 Å². The summed E-state index contributed by atoms with van der Waals surface area (Å²) in [4.78, 5) is 86.9. The molecular weight excluding hydrogens is 1510 g/mol. The van der Waals surface area contributed by atoms with Crippen molar-refractivity contribution in [1.29, 1.82) is 0 Å². The maximum atomic E-state index is 14.5. The van der Waals surface area contributed by atoms with Gasteiger partial charge in [0.25, 0.3) is 0 Å². The van der Waals surface area contributed by atoms with Gasteiger partial charge in [-0.15, -0.1) is 0 Å². The first-order chi connectivity index (χ1) is 59.2. The minimum absolute atomic E-state index is 0.0174. The molecule has 0 aromatic heterocycles. The van der Waals surface area contributed by atoms with E-state index in [0.717, 1.165) is 44.5 Å². The van der Waals surface area contributed by atoms with Gasteiger partial charge in [-0.05, 0) is 293 Å². The van der Waals surface area contributed by atoms with Gasteiger partial charge in [0.2, 0.25) is 0 Å². The summed E-state index contributed by atoms with van der Waals surface area (Å²) in [5.74, 6) is 2.37. The lowest BCUT2D eigenvalue weighted by atomic mass is 9.96. The summed E-state index contributed by atoms with van der Waals surface area (Å²) in [6, 6.07) is 123. The summed E-state index contributed by atoms with van der Waals surface area (Å²) < 4.78 is 37.5. The van der Waals surface area contributed by atoms with E-state index in [2.05, 4.69) is 0 Å². The van der Waals surface area contributed by atoms with E-state index >= 15 is 0 Å². The van der Waals surface area contributed by atoms with E-state index in [9.17, 15) is 33.9 Å². The molecule has 0 saturated carbocycles. The van der Waals surface area contributed by atoms with Gasteiger partial charge >= 0.3 is 0 Å². The van der Waals surface area contributed by atoms with Crippen molar-refractivity contribution >= 4 is 34.7 Å². The highest BCUT2D eigenvalue weighted by Crippen LogP contribution is 2.37. The number of hydrogen-bond acceptors (Lipinski definition) is 13. The van der Waals surface area contributed by atoms with Gasteiger partial charge in [-0.25, -0.2) is 0 Å². The Kier molecular flexibility index (Phi) is 22.4. The maximum Gasteiger partial charge on any atom is 0.193 e. The first kappa shape index (κ1) is 77.0. The smallest absolute Gasteiger partial charge is 0.193 e. The fourth-order valence-electron chi connectivity index (χ4n) is 14.0. The lowest BCUT2D eigenvalue weighted by Gasteiger charge is -2.13. The second-order valence-corrected chi connectivity index (χ2v) is 28.6. The monoisotopic (exact) mass is 1570 g/mol. The molecule has 0 saturated heterocycles. The van der Waals surface area contributed by atoms with Crippen molar-refractivity contribution in [2.75, 3.05) is 0 Å². The molecular formula is C108H70O13. The van der Waals surface area contributed by atoms with Crippen LogP contribution in [0.1, 0.15) is 95.5 Å². The van der Waals surface area contributed by atoms with Crippen molar-refractivity contribution < 1.29 is 62.3 Å². The molecule has 13 heteroatoms. The molecule has 0 atom stereocenters. The van der Waals surface area contributed by atoms with Crippen LogP contribution < -0.4 is 28.4 Å². The lowest BCUT2D eigenvalue weighted by molar-refractivity contribution is 0.102. The Bertz CT molecular complexity index is 5900. The molecule has 0 radical (unpaired) electrons. The molecule has 1 N–H and O–H groups in total. The van der Waals surface area contributed by atoms with Gasteiger partial charge < -0.3 is 33.5 Å². The van der Waals surface area contributed by atoms with Gasteiger partial charge in [0, 0.05) is 66.8 Å². The molecule has 0 aliphatic carbocycles. The summed E-state index contributed by atoms with van der Waals surface area (Å²) in [5, 5.41) is 11.1. The van der Waals surface area contributed by atoms with Crippen molar-refractivity contribution in [2.45, 2.75) is 0 Å². The molecule has 0 aliphatic heterocycles. The number of carbonyl (C=O) groups excluding carboxylic acids is 6. The zero-order chi connectivity index (χ0) is 82.5. The van der Waals surface area contributed by atoms with Gasteiger partial charge in [-0.1, -0.05) is 170 Å². The van der Waals surface area contributed by atoms with E-state index < -0.39 is 34.7 Å². The fourth-order valence-corrected chi connectivity index (χ4v) is 14.0. The average molecular weight is 1580 g/mol. The van der Waals surface area contributed by atoms with Crippen LogP contribution in [-0.4, -0.2) is 39.8 Å². The van der Waals surface area contributed by atoms with Crippen LogP contribution in [0.2, 0.25) is 0 Å². The molecule has 121 heavy (non-hydrogen) atoms. The second kappa shape index (κ2) is 35.2. The Hall–Kier alpha value is -16.6. The van der Waals surface area contributed by atoms with Crippen molar-refractivity contribution in [2.24, 2.45) is 0 Å². The Morgan fingerprint density at radius 2 is 0.281 bits per heavy atom. The molecule has 0 spiro atoms. The third-order valence-electron chi connectivity index (χ3n) is 20.3.